The van der Waals surface area contributed by atoms with E-state index in [-0.39, 0.29) is 11.4 Å². The molecule has 0 aliphatic heterocycles. The van der Waals surface area contributed by atoms with Gasteiger partial charge in [-0.15, -0.1) is 0 Å². The molecule has 0 radical (unpaired) electrons. The monoisotopic (exact) mass is 216 g/mol. The van der Waals surface area contributed by atoms with E-state index in [1.54, 1.807) is 12.1 Å². The van der Waals surface area contributed by atoms with Crippen LogP contribution in [0.5, 0.6) is 0 Å². The third kappa shape index (κ3) is 3.78. The largest absolute Gasteiger partial charge is 0.465 e. The minimum absolute atomic E-state index is 0.0129. The van der Waals surface area contributed by atoms with Crippen LogP contribution in [0.25, 0.3) is 0 Å². The summed E-state index contributed by atoms with van der Waals surface area (Å²) in [5.74, 6) is 5.88. The summed E-state index contributed by atoms with van der Waals surface area (Å²) in [5.41, 5.74) is 1.44. The molecule has 0 aliphatic carbocycles. The summed E-state index contributed by atoms with van der Waals surface area (Å²) in [5, 5.41) is 0. The molecular formula is C14H16O2. The van der Waals surface area contributed by atoms with Crippen molar-refractivity contribution in [3.63, 3.8) is 0 Å². The molecule has 2 heteroatoms. The van der Waals surface area contributed by atoms with E-state index in [9.17, 15) is 4.79 Å². The summed E-state index contributed by atoms with van der Waals surface area (Å²) in [6.45, 7) is 6.18. The third-order valence-corrected chi connectivity index (χ3v) is 1.89. The van der Waals surface area contributed by atoms with Crippen LogP contribution in [-0.2, 0) is 4.74 Å². The fourth-order valence-electron chi connectivity index (χ4n) is 1.07. The molecule has 1 aromatic carbocycles. The van der Waals surface area contributed by atoms with Crippen molar-refractivity contribution in [3.05, 3.63) is 35.4 Å². The Hall–Kier alpha value is -1.75. The van der Waals surface area contributed by atoms with Crippen molar-refractivity contribution >= 4 is 5.97 Å². The first-order chi connectivity index (χ1) is 7.42. The Morgan fingerprint density at radius 3 is 2.19 bits per heavy atom. The number of ether oxygens (including phenoxy) is 1. The van der Waals surface area contributed by atoms with E-state index in [2.05, 4.69) is 37.3 Å². The summed E-state index contributed by atoms with van der Waals surface area (Å²) in [7, 11) is 1.37. The van der Waals surface area contributed by atoms with Gasteiger partial charge < -0.3 is 4.74 Å². The summed E-state index contributed by atoms with van der Waals surface area (Å²) < 4.78 is 4.62. The SMILES string of the molecule is COC(=O)c1ccc(C#CC(C)(C)C)cc1. The minimum Gasteiger partial charge on any atom is -0.465 e. The number of methoxy groups -OCH3 is 1. The van der Waals surface area contributed by atoms with Gasteiger partial charge in [0.1, 0.15) is 0 Å². The number of rotatable bonds is 1. The molecular weight excluding hydrogens is 200 g/mol. The second-order valence-corrected chi connectivity index (χ2v) is 4.57. The highest BCUT2D eigenvalue weighted by Gasteiger charge is 2.05. The average Bonchev–Trinajstić information content (AvgIpc) is 2.25. The lowest BCUT2D eigenvalue weighted by atomic mass is 9.97. The van der Waals surface area contributed by atoms with Crippen molar-refractivity contribution in [1.29, 1.82) is 0 Å². The standard InChI is InChI=1S/C14H16O2/c1-14(2,3)10-9-11-5-7-12(8-6-11)13(15)16-4/h5-8H,1-4H3. The number of carbonyl (C=O) groups excluding carboxylic acids is 1. The smallest absolute Gasteiger partial charge is 0.337 e. The zero-order valence-electron chi connectivity index (χ0n) is 10.1. The summed E-state index contributed by atoms with van der Waals surface area (Å²) in [6, 6.07) is 7.09. The predicted octanol–water partition coefficient (Wildman–Crippen LogP) is 2.87. The Labute approximate surface area is 96.6 Å². The second kappa shape index (κ2) is 4.85. The van der Waals surface area contributed by atoms with E-state index >= 15 is 0 Å². The van der Waals surface area contributed by atoms with Crippen molar-refractivity contribution in [2.24, 2.45) is 5.41 Å². The van der Waals surface area contributed by atoms with Gasteiger partial charge in [0.25, 0.3) is 0 Å². The van der Waals surface area contributed by atoms with Crippen LogP contribution >= 0.6 is 0 Å². The molecule has 0 saturated carbocycles. The van der Waals surface area contributed by atoms with Gasteiger partial charge in [0.15, 0.2) is 0 Å². The number of carbonyl (C=O) groups is 1. The first-order valence-corrected chi connectivity index (χ1v) is 5.14. The Kier molecular flexibility index (Phi) is 3.73. The van der Waals surface area contributed by atoms with Gasteiger partial charge in [0, 0.05) is 11.0 Å². The first kappa shape index (κ1) is 12.3. The first-order valence-electron chi connectivity index (χ1n) is 5.14. The zero-order chi connectivity index (χ0) is 12.2. The molecule has 0 N–H and O–H groups in total. The maximum Gasteiger partial charge on any atom is 0.337 e. The van der Waals surface area contributed by atoms with Gasteiger partial charge in [-0.3, -0.25) is 0 Å². The van der Waals surface area contributed by atoms with Crippen molar-refractivity contribution in [2.75, 3.05) is 7.11 Å². The molecule has 0 heterocycles. The van der Waals surface area contributed by atoms with Crippen LogP contribution in [0.1, 0.15) is 36.7 Å². The van der Waals surface area contributed by atoms with Crippen LogP contribution < -0.4 is 0 Å². The fourth-order valence-corrected chi connectivity index (χ4v) is 1.07. The molecule has 0 atom stereocenters. The molecule has 16 heavy (non-hydrogen) atoms. The fraction of sp³-hybridized carbons (Fsp3) is 0.357. The third-order valence-electron chi connectivity index (χ3n) is 1.89. The Bertz CT molecular complexity index is 425. The van der Waals surface area contributed by atoms with Crippen LogP contribution in [0, 0.1) is 17.3 Å². The van der Waals surface area contributed by atoms with E-state index in [1.807, 2.05) is 12.1 Å². The van der Waals surface area contributed by atoms with Gasteiger partial charge in [-0.2, -0.15) is 0 Å². The molecule has 0 amide bonds. The molecule has 1 aromatic rings. The predicted molar refractivity (Wildman–Crippen MR) is 64.1 cm³/mol. The van der Waals surface area contributed by atoms with Gasteiger partial charge in [-0.1, -0.05) is 11.8 Å². The minimum atomic E-state index is -0.324. The van der Waals surface area contributed by atoms with Crippen molar-refractivity contribution < 1.29 is 9.53 Å². The lowest BCUT2D eigenvalue weighted by molar-refractivity contribution is 0.0601. The second-order valence-electron chi connectivity index (χ2n) is 4.57. The van der Waals surface area contributed by atoms with Gasteiger partial charge in [-0.25, -0.2) is 4.79 Å². The van der Waals surface area contributed by atoms with Crippen LogP contribution in [0.15, 0.2) is 24.3 Å². The molecule has 0 aliphatic rings. The Balaban J connectivity index is 2.87. The average molecular weight is 216 g/mol. The molecule has 1 rings (SSSR count). The highest BCUT2D eigenvalue weighted by atomic mass is 16.5. The van der Waals surface area contributed by atoms with Crippen molar-refractivity contribution in [3.8, 4) is 11.8 Å². The summed E-state index contributed by atoms with van der Waals surface area (Å²) >= 11 is 0. The maximum absolute atomic E-state index is 11.2. The normalized spacial score (nSPS) is 10.2. The number of benzene rings is 1. The molecule has 84 valence electrons. The lowest BCUT2D eigenvalue weighted by Crippen LogP contribution is -2.01. The molecule has 0 fully saturated rings. The van der Waals surface area contributed by atoms with Crippen LogP contribution in [0.4, 0.5) is 0 Å². The Morgan fingerprint density at radius 2 is 1.75 bits per heavy atom. The van der Waals surface area contributed by atoms with Crippen molar-refractivity contribution in [1.82, 2.24) is 0 Å². The highest BCUT2D eigenvalue weighted by molar-refractivity contribution is 5.89. The van der Waals surface area contributed by atoms with Gasteiger partial charge in [-0.05, 0) is 45.0 Å². The van der Waals surface area contributed by atoms with Crippen LogP contribution in [-0.4, -0.2) is 13.1 Å². The van der Waals surface area contributed by atoms with E-state index < -0.39 is 0 Å². The Morgan fingerprint density at radius 1 is 1.19 bits per heavy atom. The van der Waals surface area contributed by atoms with Crippen molar-refractivity contribution in [2.45, 2.75) is 20.8 Å². The molecule has 0 aromatic heterocycles. The quantitative estimate of drug-likeness (QED) is 0.533. The van der Waals surface area contributed by atoms with Gasteiger partial charge in [0.2, 0.25) is 0 Å². The van der Waals surface area contributed by atoms with Gasteiger partial charge in [0.05, 0.1) is 12.7 Å². The molecule has 0 saturated heterocycles. The number of hydrogen-bond donors (Lipinski definition) is 0. The summed E-state index contributed by atoms with van der Waals surface area (Å²) in [4.78, 5) is 11.2. The number of esters is 1. The molecule has 0 unspecified atom stereocenters. The molecule has 0 spiro atoms. The topological polar surface area (TPSA) is 26.3 Å². The lowest BCUT2D eigenvalue weighted by Gasteiger charge is -2.06. The molecule has 0 bridgehead atoms. The van der Waals surface area contributed by atoms with E-state index in [1.165, 1.54) is 7.11 Å². The maximum atomic E-state index is 11.2. The van der Waals surface area contributed by atoms with Crippen LogP contribution in [0.2, 0.25) is 0 Å². The van der Waals surface area contributed by atoms with Crippen LogP contribution in [0.3, 0.4) is 0 Å². The number of hydrogen-bond acceptors (Lipinski definition) is 2. The van der Waals surface area contributed by atoms with E-state index in [0.717, 1.165) is 5.56 Å². The summed E-state index contributed by atoms with van der Waals surface area (Å²) in [6.07, 6.45) is 0. The molecule has 2 nitrogen and oxygen atoms in total. The zero-order valence-corrected chi connectivity index (χ0v) is 10.1. The highest BCUT2D eigenvalue weighted by Crippen LogP contribution is 2.11. The van der Waals surface area contributed by atoms with E-state index in [0.29, 0.717) is 5.56 Å². The van der Waals surface area contributed by atoms with E-state index in [4.69, 9.17) is 0 Å². The van der Waals surface area contributed by atoms with Gasteiger partial charge >= 0.3 is 5.97 Å².